The zero-order chi connectivity index (χ0) is 29.2. The third-order valence-corrected chi connectivity index (χ3v) is 7.55. The van der Waals surface area contributed by atoms with Gasteiger partial charge in [0.1, 0.15) is 34.8 Å². The number of halogens is 1. The van der Waals surface area contributed by atoms with E-state index in [4.69, 9.17) is 37.7 Å². The molecule has 6 rings (SSSR count). The number of furan rings is 1. The monoisotopic (exact) mass is 597 g/mol. The Hall–Kier alpha value is -4.86. The van der Waals surface area contributed by atoms with Gasteiger partial charge in [-0.15, -0.1) is 0 Å². The fourth-order valence-electron chi connectivity index (χ4n) is 4.88. The molecule has 0 radical (unpaired) electrons. The Balaban J connectivity index is 1.35. The molecule has 8 nitrogen and oxygen atoms in total. The summed E-state index contributed by atoms with van der Waals surface area (Å²) in [5.41, 5.74) is 2.20. The lowest BCUT2D eigenvalue weighted by Gasteiger charge is -2.26. The molecule has 0 amide bonds. The number of ether oxygens (including phenoxy) is 2. The first-order valence-corrected chi connectivity index (χ1v) is 13.8. The number of aromatic carboxylic acids is 1. The molecule has 0 aliphatic carbocycles. The van der Waals surface area contributed by atoms with Gasteiger partial charge in [0, 0.05) is 17.4 Å². The van der Waals surface area contributed by atoms with Crippen molar-refractivity contribution in [2.24, 2.45) is 0 Å². The highest BCUT2D eigenvalue weighted by Gasteiger charge is 2.42. The number of hydrogen-bond donors (Lipinski definition) is 2. The summed E-state index contributed by atoms with van der Waals surface area (Å²) in [6.45, 7) is 0. The summed E-state index contributed by atoms with van der Waals surface area (Å²) in [5, 5.41) is 13.8. The van der Waals surface area contributed by atoms with Crippen LogP contribution in [0.4, 0.5) is 5.69 Å². The maximum absolute atomic E-state index is 11.6. The second-order valence-corrected chi connectivity index (χ2v) is 10.3. The van der Waals surface area contributed by atoms with Gasteiger partial charge in [0.15, 0.2) is 5.11 Å². The van der Waals surface area contributed by atoms with Gasteiger partial charge in [-0.3, -0.25) is 4.98 Å². The van der Waals surface area contributed by atoms with E-state index in [9.17, 15) is 9.90 Å². The number of carboxylic acid groups (broad SMARTS) is 1. The number of rotatable bonds is 8. The Bertz CT molecular complexity index is 1740. The molecule has 1 saturated heterocycles. The normalized spacial score (nSPS) is 16.2. The average molecular weight is 598 g/mol. The summed E-state index contributed by atoms with van der Waals surface area (Å²) < 4.78 is 17.6. The van der Waals surface area contributed by atoms with Crippen LogP contribution in [0, 0.1) is 0 Å². The van der Waals surface area contributed by atoms with Crippen molar-refractivity contribution in [3.63, 3.8) is 0 Å². The SMILES string of the molecule is COc1ccc(Oc2ccc(N3C(=S)N[C@H](c4ccccn4)[C@H]3c3ccc(-c4cc(C(=O)O)ccc4Cl)o3)cc2)cc1. The highest BCUT2D eigenvalue weighted by Crippen LogP contribution is 2.44. The summed E-state index contributed by atoms with van der Waals surface area (Å²) in [6, 6.07) is 28.1. The van der Waals surface area contributed by atoms with E-state index in [0.717, 1.165) is 17.1 Å². The van der Waals surface area contributed by atoms with Crippen molar-refractivity contribution < 1.29 is 23.8 Å². The van der Waals surface area contributed by atoms with Crippen LogP contribution in [0.2, 0.25) is 5.02 Å². The van der Waals surface area contributed by atoms with Crippen LogP contribution in [0.1, 0.15) is 33.9 Å². The van der Waals surface area contributed by atoms with Crippen LogP contribution < -0.4 is 19.7 Å². The molecule has 1 fully saturated rings. The van der Waals surface area contributed by atoms with Crippen LogP contribution in [0.15, 0.2) is 108 Å². The van der Waals surface area contributed by atoms with Crippen molar-refractivity contribution in [2.45, 2.75) is 12.1 Å². The summed E-state index contributed by atoms with van der Waals surface area (Å²) in [6.07, 6.45) is 1.73. The maximum atomic E-state index is 11.6. The Morgan fingerprint density at radius 2 is 1.69 bits per heavy atom. The molecule has 3 aromatic carbocycles. The van der Waals surface area contributed by atoms with E-state index < -0.39 is 12.0 Å². The van der Waals surface area contributed by atoms with Crippen LogP contribution >= 0.6 is 23.8 Å². The second kappa shape index (κ2) is 11.6. The number of nitrogens with one attached hydrogen (secondary N) is 1. The molecule has 0 bridgehead atoms. The lowest BCUT2D eigenvalue weighted by molar-refractivity contribution is 0.0697. The summed E-state index contributed by atoms with van der Waals surface area (Å²) in [7, 11) is 1.62. The third-order valence-electron chi connectivity index (χ3n) is 6.91. The molecule has 2 aromatic heterocycles. The van der Waals surface area contributed by atoms with Crippen molar-refractivity contribution in [3.05, 3.63) is 125 Å². The van der Waals surface area contributed by atoms with Gasteiger partial charge in [0.2, 0.25) is 0 Å². The number of benzene rings is 3. The molecular weight excluding hydrogens is 574 g/mol. The molecule has 0 saturated carbocycles. The smallest absolute Gasteiger partial charge is 0.335 e. The average Bonchev–Trinajstić information content (AvgIpc) is 3.63. The van der Waals surface area contributed by atoms with Gasteiger partial charge in [-0.1, -0.05) is 17.7 Å². The molecule has 210 valence electrons. The minimum absolute atomic E-state index is 0.112. The number of carboxylic acids is 1. The number of anilines is 1. The van der Waals surface area contributed by atoms with Crippen molar-refractivity contribution in [1.29, 1.82) is 0 Å². The molecule has 10 heteroatoms. The van der Waals surface area contributed by atoms with Gasteiger partial charge in [-0.25, -0.2) is 4.79 Å². The minimum Gasteiger partial charge on any atom is -0.497 e. The molecule has 2 N–H and O–H groups in total. The fraction of sp³-hybridized carbons (Fsp3) is 0.0938. The van der Waals surface area contributed by atoms with E-state index in [2.05, 4.69) is 10.3 Å². The second-order valence-electron chi connectivity index (χ2n) is 9.47. The third kappa shape index (κ3) is 5.39. The van der Waals surface area contributed by atoms with Crippen molar-refractivity contribution in [3.8, 4) is 28.6 Å². The van der Waals surface area contributed by atoms with E-state index >= 15 is 0 Å². The Morgan fingerprint density at radius 1 is 0.976 bits per heavy atom. The van der Waals surface area contributed by atoms with Crippen molar-refractivity contribution in [1.82, 2.24) is 10.3 Å². The topological polar surface area (TPSA) is 97.1 Å². The van der Waals surface area contributed by atoms with Crippen LogP contribution in [0.25, 0.3) is 11.3 Å². The molecule has 0 spiro atoms. The first-order chi connectivity index (χ1) is 20.4. The minimum atomic E-state index is -1.05. The first-order valence-electron chi connectivity index (χ1n) is 13.0. The summed E-state index contributed by atoms with van der Waals surface area (Å²) in [4.78, 5) is 18.1. The number of pyridine rings is 1. The molecule has 5 aromatic rings. The summed E-state index contributed by atoms with van der Waals surface area (Å²) in [5.74, 6) is 2.09. The largest absolute Gasteiger partial charge is 0.497 e. The first kappa shape index (κ1) is 27.3. The van der Waals surface area contributed by atoms with E-state index in [-0.39, 0.29) is 11.6 Å². The number of carbonyl (C=O) groups is 1. The van der Waals surface area contributed by atoms with E-state index in [1.54, 1.807) is 25.4 Å². The molecule has 2 atom stereocenters. The molecule has 42 heavy (non-hydrogen) atoms. The number of methoxy groups -OCH3 is 1. The van der Waals surface area contributed by atoms with Crippen LogP contribution in [-0.4, -0.2) is 28.3 Å². The van der Waals surface area contributed by atoms with Crippen molar-refractivity contribution >= 4 is 40.6 Å². The quantitative estimate of drug-likeness (QED) is 0.175. The molecule has 3 heterocycles. The fourth-order valence-corrected chi connectivity index (χ4v) is 5.44. The van der Waals surface area contributed by atoms with E-state index in [1.807, 2.05) is 77.7 Å². The predicted octanol–water partition coefficient (Wildman–Crippen LogP) is 7.67. The van der Waals surface area contributed by atoms with E-state index in [1.165, 1.54) is 12.1 Å². The standard InChI is InChI=1S/C32H24ClN3O5S/c1-39-21-10-12-23(13-11-21)40-22-8-6-20(7-9-22)36-30(29(35-32(36)42)26-4-2-3-17-34-26)28-16-15-27(41-28)24-18-19(31(37)38)5-14-25(24)33/h2-18,29-30H,1H3,(H,35,42)(H,37,38)/t29-,30-/m1/s1. The molecule has 0 unspecified atom stereocenters. The van der Waals surface area contributed by atoms with Crippen LogP contribution in [-0.2, 0) is 0 Å². The van der Waals surface area contributed by atoms with Crippen LogP contribution in [0.3, 0.4) is 0 Å². The van der Waals surface area contributed by atoms with Gasteiger partial charge in [0.25, 0.3) is 0 Å². The number of nitrogens with zero attached hydrogens (tertiary/aromatic N) is 2. The van der Waals surface area contributed by atoms with Crippen LogP contribution in [0.5, 0.6) is 17.2 Å². The number of hydrogen-bond acceptors (Lipinski definition) is 6. The highest BCUT2D eigenvalue weighted by molar-refractivity contribution is 7.80. The summed E-state index contributed by atoms with van der Waals surface area (Å²) >= 11 is 12.3. The predicted molar refractivity (Wildman–Crippen MR) is 164 cm³/mol. The molecular formula is C32H24ClN3O5S. The van der Waals surface area contributed by atoms with Gasteiger partial charge in [-0.05, 0) is 103 Å². The highest BCUT2D eigenvalue weighted by atomic mass is 35.5. The van der Waals surface area contributed by atoms with Gasteiger partial charge in [-0.2, -0.15) is 0 Å². The van der Waals surface area contributed by atoms with Gasteiger partial charge < -0.3 is 29.2 Å². The Kier molecular flexibility index (Phi) is 7.52. The Labute approximate surface area is 252 Å². The van der Waals surface area contributed by atoms with Crippen molar-refractivity contribution in [2.75, 3.05) is 12.0 Å². The molecule has 1 aliphatic rings. The lowest BCUT2D eigenvalue weighted by atomic mass is 10.0. The lowest BCUT2D eigenvalue weighted by Crippen LogP contribution is -2.29. The zero-order valence-electron chi connectivity index (χ0n) is 22.2. The zero-order valence-corrected chi connectivity index (χ0v) is 23.8. The maximum Gasteiger partial charge on any atom is 0.335 e. The van der Waals surface area contributed by atoms with Gasteiger partial charge >= 0.3 is 5.97 Å². The van der Waals surface area contributed by atoms with E-state index in [0.29, 0.717) is 38.7 Å². The Morgan fingerprint density at radius 3 is 2.36 bits per heavy atom. The number of thiocarbonyl (C=S) groups is 1. The number of aromatic nitrogens is 1. The van der Waals surface area contributed by atoms with Gasteiger partial charge in [0.05, 0.1) is 29.4 Å². The molecule has 1 aliphatic heterocycles.